The predicted molar refractivity (Wildman–Crippen MR) is 172 cm³/mol. The minimum absolute atomic E-state index is 0.00412. The Morgan fingerprint density at radius 1 is 1.00 bits per heavy atom. The van der Waals surface area contributed by atoms with Crippen molar-refractivity contribution in [2.75, 3.05) is 76.7 Å². The highest BCUT2D eigenvalue weighted by molar-refractivity contribution is 5.76. The van der Waals surface area contributed by atoms with E-state index in [1.807, 2.05) is 6.92 Å². The lowest BCUT2D eigenvalue weighted by atomic mass is 9.86. The summed E-state index contributed by atoms with van der Waals surface area (Å²) in [4.78, 5) is 27.6. The van der Waals surface area contributed by atoms with Gasteiger partial charge in [0.15, 0.2) is 0 Å². The number of amides is 1. The summed E-state index contributed by atoms with van der Waals surface area (Å²) in [6.45, 7) is 8.54. The summed E-state index contributed by atoms with van der Waals surface area (Å²) in [7, 11) is 2.21. The van der Waals surface area contributed by atoms with E-state index in [2.05, 4.69) is 55.6 Å². The molecule has 0 spiro atoms. The van der Waals surface area contributed by atoms with Gasteiger partial charge in [-0.05, 0) is 107 Å². The lowest BCUT2D eigenvalue weighted by molar-refractivity contribution is -0.137. The van der Waals surface area contributed by atoms with Gasteiger partial charge in [0.25, 0.3) is 0 Å². The van der Waals surface area contributed by atoms with Crippen molar-refractivity contribution in [3.8, 4) is 0 Å². The molecule has 6 rings (SSSR count). The summed E-state index contributed by atoms with van der Waals surface area (Å²) in [6.07, 6.45) is 3.59. The second-order valence-corrected chi connectivity index (χ2v) is 13.7. The number of hydrogen-bond donors (Lipinski definition) is 2. The lowest BCUT2D eigenvalue weighted by Crippen LogP contribution is -2.46. The second-order valence-electron chi connectivity index (χ2n) is 13.7. The number of benzene rings is 1. The molecule has 3 aliphatic heterocycles. The van der Waals surface area contributed by atoms with E-state index in [-0.39, 0.29) is 30.1 Å². The Morgan fingerprint density at radius 3 is 2.48 bits per heavy atom. The third-order valence-corrected chi connectivity index (χ3v) is 10.1. The normalized spacial score (nSPS) is 22.1. The second kappa shape index (κ2) is 14.4. The van der Waals surface area contributed by atoms with Crippen LogP contribution in [0.4, 0.5) is 30.6 Å². The van der Waals surface area contributed by atoms with Crippen LogP contribution < -0.4 is 10.6 Å². The minimum atomic E-state index is -4.61. The molecule has 252 valence electrons. The van der Waals surface area contributed by atoms with Crippen molar-refractivity contribution in [1.29, 1.82) is 0 Å². The zero-order valence-corrected chi connectivity index (χ0v) is 27.1. The van der Waals surface area contributed by atoms with Crippen LogP contribution in [0.3, 0.4) is 0 Å². The van der Waals surface area contributed by atoms with Crippen LogP contribution in [0.5, 0.6) is 0 Å². The molecule has 46 heavy (non-hydrogen) atoms. The van der Waals surface area contributed by atoms with Crippen LogP contribution in [0.1, 0.15) is 80.4 Å². The zero-order chi connectivity index (χ0) is 32.3. The fourth-order valence-corrected chi connectivity index (χ4v) is 7.17. The molecule has 4 aliphatic rings. The number of aromatic nitrogens is 2. The van der Waals surface area contributed by atoms with Crippen molar-refractivity contribution in [1.82, 2.24) is 24.7 Å². The van der Waals surface area contributed by atoms with Gasteiger partial charge < -0.3 is 30.1 Å². The van der Waals surface area contributed by atoms with Gasteiger partial charge in [-0.2, -0.15) is 18.2 Å². The molecule has 0 radical (unpaired) electrons. The van der Waals surface area contributed by atoms with Crippen molar-refractivity contribution in [3.63, 3.8) is 0 Å². The molecule has 0 bridgehead atoms. The molecule has 1 atom stereocenters. The van der Waals surface area contributed by atoms with Gasteiger partial charge in [0.1, 0.15) is 11.4 Å². The number of nitrogens with one attached hydrogen (secondary N) is 2. The van der Waals surface area contributed by atoms with Crippen LogP contribution in [0.15, 0.2) is 24.4 Å². The highest BCUT2D eigenvalue weighted by atomic mass is 19.4. The Bertz CT molecular complexity index is 1340. The monoisotopic (exact) mass is 643 g/mol. The van der Waals surface area contributed by atoms with E-state index in [4.69, 9.17) is 4.74 Å². The molecule has 9 nitrogen and oxygen atoms in total. The van der Waals surface area contributed by atoms with Crippen LogP contribution in [0.25, 0.3) is 0 Å². The maximum atomic E-state index is 13.9. The Hall–Kier alpha value is -2.96. The summed E-state index contributed by atoms with van der Waals surface area (Å²) in [6, 6.07) is 7.25. The van der Waals surface area contributed by atoms with Gasteiger partial charge in [0.2, 0.25) is 11.9 Å². The Morgan fingerprint density at radius 2 is 1.76 bits per heavy atom. The van der Waals surface area contributed by atoms with Gasteiger partial charge in [-0.3, -0.25) is 4.79 Å². The van der Waals surface area contributed by atoms with Gasteiger partial charge in [0, 0.05) is 37.6 Å². The third kappa shape index (κ3) is 8.30. The predicted octanol–water partition coefficient (Wildman–Crippen LogP) is 5.69. The molecule has 3 saturated heterocycles. The fourth-order valence-electron chi connectivity index (χ4n) is 7.17. The van der Waals surface area contributed by atoms with Crippen LogP contribution >= 0.6 is 0 Å². The maximum Gasteiger partial charge on any atom is 0.421 e. The molecule has 1 unspecified atom stereocenters. The first-order valence-corrected chi connectivity index (χ1v) is 17.0. The number of carbonyl (C=O) groups excluding carboxylic acids is 1. The van der Waals surface area contributed by atoms with Crippen LogP contribution in [-0.2, 0) is 15.7 Å². The van der Waals surface area contributed by atoms with Gasteiger partial charge in [0.05, 0.1) is 19.6 Å². The molecule has 1 amide bonds. The van der Waals surface area contributed by atoms with Crippen molar-refractivity contribution >= 4 is 23.4 Å². The van der Waals surface area contributed by atoms with Gasteiger partial charge in [-0.15, -0.1) is 0 Å². The fraction of sp³-hybridized carbons (Fsp3) is 0.676. The largest absolute Gasteiger partial charge is 0.421 e. The smallest absolute Gasteiger partial charge is 0.379 e. The zero-order valence-electron chi connectivity index (χ0n) is 27.1. The summed E-state index contributed by atoms with van der Waals surface area (Å²) in [5, 5.41) is 6.16. The molecule has 1 aliphatic carbocycles. The van der Waals surface area contributed by atoms with Crippen molar-refractivity contribution in [3.05, 3.63) is 41.1 Å². The molecule has 4 heterocycles. The van der Waals surface area contributed by atoms with Crippen LogP contribution in [0, 0.1) is 5.92 Å². The van der Waals surface area contributed by atoms with Crippen molar-refractivity contribution < 1.29 is 22.7 Å². The molecular formula is C34H48F3N7O2. The number of alkyl halides is 3. The number of piperidine rings is 2. The highest BCUT2D eigenvalue weighted by Crippen LogP contribution is 2.46. The number of carbonyl (C=O) groups is 1. The Balaban J connectivity index is 1.12. The molecule has 1 aromatic heterocycles. The van der Waals surface area contributed by atoms with Crippen molar-refractivity contribution in [2.24, 2.45) is 5.92 Å². The Labute approximate surface area is 270 Å². The number of hydrogen-bond acceptors (Lipinski definition) is 8. The van der Waals surface area contributed by atoms with E-state index < -0.39 is 11.7 Å². The summed E-state index contributed by atoms with van der Waals surface area (Å²) in [5.74, 6) is 0.740. The quantitative estimate of drug-likeness (QED) is 0.342. The SMILES string of the molecule is CC(CNc1nc(Nc2ccc(C3CCN(C4CCN(C)CC4)CC3)cc2C2CC2)ncc1C(F)(F)F)CN1CCOCCC1=O. The molecule has 1 saturated carbocycles. The van der Waals surface area contributed by atoms with E-state index >= 15 is 0 Å². The van der Waals surface area contributed by atoms with Crippen LogP contribution in [-0.4, -0.2) is 103 Å². The summed E-state index contributed by atoms with van der Waals surface area (Å²) < 4.78 is 47.2. The van der Waals surface area contributed by atoms with Gasteiger partial charge in [-0.1, -0.05) is 19.1 Å². The highest BCUT2D eigenvalue weighted by Gasteiger charge is 2.36. The average molecular weight is 644 g/mol. The number of nitrogens with zero attached hydrogens (tertiary/aromatic N) is 5. The van der Waals surface area contributed by atoms with Crippen molar-refractivity contribution in [2.45, 2.75) is 75.9 Å². The molecule has 1 aromatic carbocycles. The molecule has 2 aromatic rings. The number of halogens is 3. The Kier molecular flexibility index (Phi) is 10.3. The van der Waals surface area contributed by atoms with Gasteiger partial charge in [-0.25, -0.2) is 4.98 Å². The minimum Gasteiger partial charge on any atom is -0.379 e. The average Bonchev–Trinajstić information content (AvgIpc) is 3.90. The molecule has 4 fully saturated rings. The summed E-state index contributed by atoms with van der Waals surface area (Å²) >= 11 is 0. The number of ether oxygens (including phenoxy) is 1. The first kappa shape index (κ1) is 33.0. The van der Waals surface area contributed by atoms with E-state index in [9.17, 15) is 18.0 Å². The summed E-state index contributed by atoms with van der Waals surface area (Å²) in [5.41, 5.74) is 2.51. The van der Waals surface area contributed by atoms with E-state index in [0.717, 1.165) is 50.7 Å². The molecule has 2 N–H and O–H groups in total. The maximum absolute atomic E-state index is 13.9. The third-order valence-electron chi connectivity index (χ3n) is 10.1. The van der Waals surface area contributed by atoms with Crippen LogP contribution in [0.2, 0.25) is 0 Å². The van der Waals surface area contributed by atoms with E-state index in [1.165, 1.54) is 37.1 Å². The standard InChI is InChI=1S/C34H48F3N7O2/c1-23(22-44-16-18-46-17-11-31(44)45)20-38-32-29(34(35,36)37)21-39-33(41-32)40-30-6-5-26(19-28(30)25-3-4-25)24-7-14-43(15-8-24)27-9-12-42(2)13-10-27/h5-6,19,21,23-25,27H,3-4,7-18,20,22H2,1-2H3,(H2,38,39,40,41). The van der Waals surface area contributed by atoms with E-state index in [0.29, 0.717) is 50.6 Å². The first-order valence-electron chi connectivity index (χ1n) is 17.0. The van der Waals surface area contributed by atoms with E-state index in [1.54, 1.807) is 4.90 Å². The number of likely N-dealkylation sites (tertiary alicyclic amines) is 2. The molecule has 12 heteroatoms. The van der Waals surface area contributed by atoms with Gasteiger partial charge >= 0.3 is 6.18 Å². The number of rotatable bonds is 10. The first-order chi connectivity index (χ1) is 22.1. The molecular weight excluding hydrogens is 595 g/mol. The lowest BCUT2D eigenvalue weighted by Gasteiger charge is -2.41. The topological polar surface area (TPSA) is 85.9 Å². The number of anilines is 3.